The summed E-state index contributed by atoms with van der Waals surface area (Å²) in [5.41, 5.74) is 2.42. The maximum absolute atomic E-state index is 10.9. The predicted molar refractivity (Wildman–Crippen MR) is 84.5 cm³/mol. The molecule has 3 rings (SSSR count). The zero-order valence-corrected chi connectivity index (χ0v) is 13.7. The van der Waals surface area contributed by atoms with Crippen LogP contribution in [0.25, 0.3) is 0 Å². The Labute approximate surface area is 131 Å². The van der Waals surface area contributed by atoms with Gasteiger partial charge in [0.15, 0.2) is 0 Å². The van der Waals surface area contributed by atoms with Crippen molar-refractivity contribution in [1.82, 2.24) is 0 Å². The van der Waals surface area contributed by atoms with E-state index in [0.717, 1.165) is 11.5 Å². The minimum Gasteiger partial charge on any atom is -0.449 e. The normalized spacial score (nSPS) is 33.1. The number of carbonyl (C=O) groups is 1. The van der Waals surface area contributed by atoms with Crippen LogP contribution in [0.3, 0.4) is 0 Å². The molecule has 2 aliphatic carbocycles. The molecule has 0 amide bonds. The van der Waals surface area contributed by atoms with Crippen LogP contribution in [0.1, 0.15) is 57.1 Å². The molecular weight excluding hydrogens is 284 g/mol. The first-order chi connectivity index (χ1) is 9.86. The third-order valence-electron chi connectivity index (χ3n) is 6.57. The van der Waals surface area contributed by atoms with E-state index in [1.54, 1.807) is 0 Å². The molecule has 0 spiro atoms. The van der Waals surface area contributed by atoms with E-state index in [-0.39, 0.29) is 6.61 Å². The van der Waals surface area contributed by atoms with Gasteiger partial charge in [-0.1, -0.05) is 45.0 Å². The Bertz CT molecular complexity index is 566. The van der Waals surface area contributed by atoms with Crippen molar-refractivity contribution in [2.75, 3.05) is 0 Å². The van der Waals surface area contributed by atoms with E-state index in [9.17, 15) is 4.79 Å². The van der Waals surface area contributed by atoms with Crippen molar-refractivity contribution in [3.05, 3.63) is 35.4 Å². The van der Waals surface area contributed by atoms with E-state index in [1.807, 2.05) is 6.07 Å². The van der Waals surface area contributed by atoms with Crippen molar-refractivity contribution in [3.8, 4) is 0 Å². The lowest BCUT2D eigenvalue weighted by Crippen LogP contribution is -2.31. The number of rotatable bonds is 3. The third kappa shape index (κ3) is 2.19. The maximum atomic E-state index is 10.9. The summed E-state index contributed by atoms with van der Waals surface area (Å²) in [5, 5.41) is 0. The first-order valence-electron chi connectivity index (χ1n) is 7.76. The molecule has 2 bridgehead atoms. The number of hydrogen-bond donors (Lipinski definition) is 0. The number of fused-ring (bicyclic) bond motifs is 2. The number of ether oxygens (including phenoxy) is 1. The molecule has 0 aliphatic heterocycles. The number of halogens is 1. The van der Waals surface area contributed by atoms with Crippen molar-refractivity contribution in [2.45, 2.75) is 52.6 Å². The van der Waals surface area contributed by atoms with Gasteiger partial charge in [-0.25, -0.2) is 4.79 Å². The predicted octanol–water partition coefficient (Wildman–Crippen LogP) is 5.49. The lowest BCUT2D eigenvalue weighted by atomic mass is 9.64. The Morgan fingerprint density at radius 3 is 2.62 bits per heavy atom. The molecule has 3 atom stereocenters. The number of carbonyl (C=O) groups excluding carboxylic acids is 1. The molecule has 2 saturated carbocycles. The van der Waals surface area contributed by atoms with Crippen molar-refractivity contribution in [2.24, 2.45) is 16.7 Å². The van der Waals surface area contributed by atoms with Crippen LogP contribution < -0.4 is 0 Å². The SMILES string of the molecule is CC1(C)C2CCC1(C)C(c1ccccc1COC(=O)Cl)C2. The van der Waals surface area contributed by atoms with E-state index in [4.69, 9.17) is 16.3 Å². The van der Waals surface area contributed by atoms with Crippen LogP contribution in [0.15, 0.2) is 24.3 Å². The second kappa shape index (κ2) is 5.01. The molecule has 3 unspecified atom stereocenters. The van der Waals surface area contributed by atoms with Gasteiger partial charge in [-0.05, 0) is 53.1 Å². The van der Waals surface area contributed by atoms with Gasteiger partial charge in [0.25, 0.3) is 0 Å². The zero-order chi connectivity index (χ0) is 15.3. The minimum atomic E-state index is -0.732. The first kappa shape index (κ1) is 14.9. The minimum absolute atomic E-state index is 0.274. The average Bonchev–Trinajstić information content (AvgIpc) is 2.78. The summed E-state index contributed by atoms with van der Waals surface area (Å²) in [5.74, 6) is 1.35. The third-order valence-corrected chi connectivity index (χ3v) is 6.67. The quantitative estimate of drug-likeness (QED) is 0.690. The summed E-state index contributed by atoms with van der Waals surface area (Å²) < 4.78 is 5.02. The van der Waals surface area contributed by atoms with E-state index in [2.05, 4.69) is 39.0 Å². The summed E-state index contributed by atoms with van der Waals surface area (Å²) in [6.07, 6.45) is 3.88. The van der Waals surface area contributed by atoms with E-state index >= 15 is 0 Å². The Morgan fingerprint density at radius 2 is 2.05 bits per heavy atom. The summed E-state index contributed by atoms with van der Waals surface area (Å²) in [6.45, 7) is 7.56. The van der Waals surface area contributed by atoms with Crippen LogP contribution in [0.5, 0.6) is 0 Å². The second-order valence-electron chi connectivity index (χ2n) is 7.39. The van der Waals surface area contributed by atoms with E-state index in [0.29, 0.717) is 16.7 Å². The largest absolute Gasteiger partial charge is 0.449 e. The fourth-order valence-electron chi connectivity index (χ4n) is 4.81. The van der Waals surface area contributed by atoms with Crippen LogP contribution in [0, 0.1) is 16.7 Å². The second-order valence-corrected chi connectivity index (χ2v) is 7.70. The molecule has 2 aliphatic rings. The summed E-state index contributed by atoms with van der Waals surface area (Å²) >= 11 is 5.31. The molecule has 0 radical (unpaired) electrons. The number of benzene rings is 1. The van der Waals surface area contributed by atoms with Gasteiger partial charge < -0.3 is 4.74 Å². The highest BCUT2D eigenvalue weighted by Crippen LogP contribution is 2.71. The smallest absolute Gasteiger partial charge is 0.404 e. The monoisotopic (exact) mass is 306 g/mol. The van der Waals surface area contributed by atoms with Crippen molar-refractivity contribution >= 4 is 17.0 Å². The van der Waals surface area contributed by atoms with Crippen LogP contribution in [-0.2, 0) is 11.3 Å². The molecule has 0 aromatic heterocycles. The Kier molecular flexibility index (Phi) is 3.56. The Morgan fingerprint density at radius 1 is 1.33 bits per heavy atom. The molecule has 3 heteroatoms. The topological polar surface area (TPSA) is 26.3 Å². The van der Waals surface area contributed by atoms with Gasteiger partial charge >= 0.3 is 5.43 Å². The lowest BCUT2D eigenvalue weighted by molar-refractivity contribution is 0.133. The van der Waals surface area contributed by atoms with Gasteiger partial charge in [-0.2, -0.15) is 0 Å². The van der Waals surface area contributed by atoms with Crippen molar-refractivity contribution in [1.29, 1.82) is 0 Å². The molecule has 0 N–H and O–H groups in total. The molecule has 2 nitrogen and oxygen atoms in total. The molecule has 2 fully saturated rings. The van der Waals surface area contributed by atoms with Crippen molar-refractivity contribution in [3.63, 3.8) is 0 Å². The molecular formula is C18H23ClO2. The average molecular weight is 307 g/mol. The molecule has 1 aromatic rings. The van der Waals surface area contributed by atoms with Crippen molar-refractivity contribution < 1.29 is 9.53 Å². The van der Waals surface area contributed by atoms with Gasteiger partial charge in [0.2, 0.25) is 0 Å². The fourth-order valence-corrected chi connectivity index (χ4v) is 4.87. The molecule has 21 heavy (non-hydrogen) atoms. The summed E-state index contributed by atoms with van der Waals surface area (Å²) in [6, 6.07) is 8.34. The zero-order valence-electron chi connectivity index (χ0n) is 13.0. The van der Waals surface area contributed by atoms with Gasteiger partial charge in [-0.15, -0.1) is 0 Å². The summed E-state index contributed by atoms with van der Waals surface area (Å²) in [7, 11) is 0. The highest BCUT2D eigenvalue weighted by atomic mass is 35.5. The van der Waals surface area contributed by atoms with Crippen LogP contribution >= 0.6 is 11.6 Å². The molecule has 0 saturated heterocycles. The Hall–Kier alpha value is -1.02. The number of hydrogen-bond acceptors (Lipinski definition) is 2. The summed E-state index contributed by atoms with van der Waals surface area (Å²) in [4.78, 5) is 10.9. The standard InChI is InChI=1S/C18H23ClO2/c1-17(2)13-8-9-18(17,3)15(10-13)14-7-5-4-6-12(14)11-21-16(19)20/h4-7,13,15H,8-11H2,1-3H3. The van der Waals surface area contributed by atoms with E-state index in [1.165, 1.54) is 24.8 Å². The van der Waals surface area contributed by atoms with Crippen LogP contribution in [0.2, 0.25) is 0 Å². The highest BCUT2D eigenvalue weighted by molar-refractivity contribution is 6.61. The lowest BCUT2D eigenvalue weighted by Gasteiger charge is -2.40. The maximum Gasteiger partial charge on any atom is 0.404 e. The van der Waals surface area contributed by atoms with Crippen LogP contribution in [-0.4, -0.2) is 5.43 Å². The molecule has 1 aromatic carbocycles. The fraction of sp³-hybridized carbons (Fsp3) is 0.611. The van der Waals surface area contributed by atoms with E-state index < -0.39 is 5.43 Å². The Balaban J connectivity index is 1.93. The van der Waals surface area contributed by atoms with Gasteiger partial charge in [0, 0.05) is 11.6 Å². The van der Waals surface area contributed by atoms with Gasteiger partial charge in [0.1, 0.15) is 6.61 Å². The van der Waals surface area contributed by atoms with Gasteiger partial charge in [-0.3, -0.25) is 0 Å². The first-order valence-corrected chi connectivity index (χ1v) is 8.14. The molecule has 114 valence electrons. The highest BCUT2D eigenvalue weighted by Gasteiger charge is 2.61. The molecule has 0 heterocycles. The van der Waals surface area contributed by atoms with Crippen LogP contribution in [0.4, 0.5) is 4.79 Å². The van der Waals surface area contributed by atoms with Gasteiger partial charge in [0.05, 0.1) is 0 Å².